The van der Waals surface area contributed by atoms with Crippen LogP contribution in [-0.2, 0) is 0 Å². The molecule has 0 saturated carbocycles. The summed E-state index contributed by atoms with van der Waals surface area (Å²) in [5.74, 6) is 0. The largest absolute Gasteiger partial charge is 0.313 e. The fourth-order valence-electron chi connectivity index (χ4n) is 1.63. The third-order valence-corrected chi connectivity index (χ3v) is 2.07. The Morgan fingerprint density at radius 1 is 1.08 bits per heavy atom. The Hall–Kier alpha value is -0.0800. The first kappa shape index (κ1) is 11.9. The summed E-state index contributed by atoms with van der Waals surface area (Å²) in [6.45, 7) is 12.3. The van der Waals surface area contributed by atoms with Crippen molar-refractivity contribution >= 4 is 0 Å². The third-order valence-electron chi connectivity index (χ3n) is 2.07. The van der Waals surface area contributed by atoms with Crippen LogP contribution in [0.3, 0.4) is 0 Å². The number of hydroxylamine groups is 2. The highest BCUT2D eigenvalue weighted by atomic mass is 16.5. The minimum atomic E-state index is -0.168. The van der Waals surface area contributed by atoms with Crippen LogP contribution >= 0.6 is 0 Å². The van der Waals surface area contributed by atoms with E-state index in [2.05, 4.69) is 20.8 Å². The van der Waals surface area contributed by atoms with Gasteiger partial charge in [0.2, 0.25) is 0 Å². The Morgan fingerprint density at radius 2 is 1.50 bits per heavy atom. The lowest BCUT2D eigenvalue weighted by molar-refractivity contribution is -0.219. The molecule has 0 aliphatic carbocycles. The van der Waals surface area contributed by atoms with E-state index in [4.69, 9.17) is 0 Å². The summed E-state index contributed by atoms with van der Waals surface area (Å²) in [5, 5.41) is 11.3. The van der Waals surface area contributed by atoms with E-state index in [-0.39, 0.29) is 11.1 Å². The zero-order valence-corrected chi connectivity index (χ0v) is 9.31. The van der Waals surface area contributed by atoms with E-state index in [9.17, 15) is 5.21 Å². The topological polar surface area (TPSA) is 23.5 Å². The van der Waals surface area contributed by atoms with E-state index in [1.807, 2.05) is 20.8 Å². The first-order chi connectivity index (χ1) is 5.22. The molecule has 0 saturated heterocycles. The second-order valence-corrected chi connectivity index (χ2v) is 5.05. The molecule has 2 heteroatoms. The van der Waals surface area contributed by atoms with Crippen molar-refractivity contribution in [3.8, 4) is 0 Å². The zero-order valence-electron chi connectivity index (χ0n) is 9.31. The molecule has 0 bridgehead atoms. The van der Waals surface area contributed by atoms with Gasteiger partial charge in [-0.3, -0.25) is 0 Å². The average molecular weight is 173 g/mol. The molecule has 12 heavy (non-hydrogen) atoms. The quantitative estimate of drug-likeness (QED) is 0.663. The normalized spacial score (nSPS) is 14.0. The number of nitrogens with zero attached hydrogens (tertiary/aromatic N) is 1. The SMILES string of the molecule is CCCC(C)(C)N(O)C(C)(C)C. The minimum Gasteiger partial charge on any atom is -0.313 e. The van der Waals surface area contributed by atoms with Crippen molar-refractivity contribution in [3.63, 3.8) is 0 Å². The zero-order chi connectivity index (χ0) is 9.99. The van der Waals surface area contributed by atoms with Crippen LogP contribution in [-0.4, -0.2) is 21.3 Å². The molecular weight excluding hydrogens is 150 g/mol. The fraction of sp³-hybridized carbons (Fsp3) is 1.00. The third kappa shape index (κ3) is 3.11. The molecule has 0 aliphatic heterocycles. The summed E-state index contributed by atoms with van der Waals surface area (Å²) in [5.41, 5.74) is -0.286. The summed E-state index contributed by atoms with van der Waals surface area (Å²) in [7, 11) is 0. The molecule has 0 aliphatic rings. The van der Waals surface area contributed by atoms with Crippen LogP contribution in [0.25, 0.3) is 0 Å². The first-order valence-electron chi connectivity index (χ1n) is 4.71. The lowest BCUT2D eigenvalue weighted by Gasteiger charge is -2.42. The van der Waals surface area contributed by atoms with E-state index < -0.39 is 0 Å². The van der Waals surface area contributed by atoms with E-state index in [1.165, 1.54) is 5.06 Å². The predicted molar refractivity (Wildman–Crippen MR) is 52.4 cm³/mol. The predicted octanol–water partition coefficient (Wildman–Crippen LogP) is 3.05. The van der Waals surface area contributed by atoms with Crippen molar-refractivity contribution in [1.29, 1.82) is 0 Å². The molecule has 0 rings (SSSR count). The molecule has 0 spiro atoms. The highest BCUT2D eigenvalue weighted by molar-refractivity contribution is 4.83. The summed E-state index contributed by atoms with van der Waals surface area (Å²) < 4.78 is 0. The maximum Gasteiger partial charge on any atom is 0.0410 e. The van der Waals surface area contributed by atoms with Crippen molar-refractivity contribution in [2.24, 2.45) is 0 Å². The molecule has 0 aromatic heterocycles. The van der Waals surface area contributed by atoms with Gasteiger partial charge < -0.3 is 5.21 Å². The van der Waals surface area contributed by atoms with Gasteiger partial charge in [0.15, 0.2) is 0 Å². The van der Waals surface area contributed by atoms with Gasteiger partial charge in [-0.05, 0) is 41.0 Å². The minimum absolute atomic E-state index is 0.118. The Labute approximate surface area is 76.5 Å². The van der Waals surface area contributed by atoms with Gasteiger partial charge in [0, 0.05) is 11.1 Å². The van der Waals surface area contributed by atoms with Crippen molar-refractivity contribution in [2.45, 2.75) is 65.5 Å². The van der Waals surface area contributed by atoms with Crippen LogP contribution in [0, 0.1) is 0 Å². The molecule has 0 fully saturated rings. The second-order valence-electron chi connectivity index (χ2n) is 5.05. The maximum absolute atomic E-state index is 9.88. The first-order valence-corrected chi connectivity index (χ1v) is 4.71. The highest BCUT2D eigenvalue weighted by Crippen LogP contribution is 2.26. The van der Waals surface area contributed by atoms with Gasteiger partial charge in [0.1, 0.15) is 0 Å². The number of hydrogen-bond donors (Lipinski definition) is 1. The van der Waals surface area contributed by atoms with Crippen molar-refractivity contribution in [2.75, 3.05) is 0 Å². The summed E-state index contributed by atoms with van der Waals surface area (Å²) in [4.78, 5) is 0. The van der Waals surface area contributed by atoms with Gasteiger partial charge in [0.05, 0.1) is 0 Å². The standard InChI is InChI=1S/C10H23NO/c1-7-8-10(5,6)11(12)9(2,3)4/h12H,7-8H2,1-6H3. The van der Waals surface area contributed by atoms with Crippen LogP contribution in [0.4, 0.5) is 0 Å². The molecule has 0 amide bonds. The Kier molecular flexibility index (Phi) is 3.73. The molecule has 0 aromatic carbocycles. The molecule has 0 heterocycles. The van der Waals surface area contributed by atoms with Crippen LogP contribution in [0.1, 0.15) is 54.4 Å². The van der Waals surface area contributed by atoms with Gasteiger partial charge in [-0.1, -0.05) is 13.3 Å². The van der Waals surface area contributed by atoms with Crippen LogP contribution in [0.2, 0.25) is 0 Å². The Morgan fingerprint density at radius 3 is 1.75 bits per heavy atom. The van der Waals surface area contributed by atoms with Crippen molar-refractivity contribution in [3.05, 3.63) is 0 Å². The van der Waals surface area contributed by atoms with Gasteiger partial charge in [-0.25, -0.2) is 0 Å². The molecule has 1 N–H and O–H groups in total. The molecule has 0 unspecified atom stereocenters. The molecule has 0 radical (unpaired) electrons. The van der Waals surface area contributed by atoms with E-state index in [0.717, 1.165) is 12.8 Å². The molecule has 74 valence electrons. The average Bonchev–Trinajstić information content (AvgIpc) is 1.84. The lowest BCUT2D eigenvalue weighted by Crippen LogP contribution is -2.51. The molecule has 0 atom stereocenters. The van der Waals surface area contributed by atoms with Gasteiger partial charge in [-0.2, -0.15) is 5.06 Å². The second kappa shape index (κ2) is 3.75. The Bertz CT molecular complexity index is 135. The van der Waals surface area contributed by atoms with Crippen molar-refractivity contribution < 1.29 is 5.21 Å². The van der Waals surface area contributed by atoms with Crippen LogP contribution < -0.4 is 0 Å². The van der Waals surface area contributed by atoms with Gasteiger partial charge in [0.25, 0.3) is 0 Å². The highest BCUT2D eigenvalue weighted by Gasteiger charge is 2.32. The molecule has 0 aromatic rings. The summed E-state index contributed by atoms with van der Waals surface area (Å²) in [6.07, 6.45) is 2.11. The molecular formula is C10H23NO. The van der Waals surface area contributed by atoms with Crippen molar-refractivity contribution in [1.82, 2.24) is 5.06 Å². The molecule has 2 nitrogen and oxygen atoms in total. The van der Waals surface area contributed by atoms with E-state index in [0.29, 0.717) is 0 Å². The monoisotopic (exact) mass is 173 g/mol. The number of rotatable bonds is 3. The lowest BCUT2D eigenvalue weighted by atomic mass is 9.93. The van der Waals surface area contributed by atoms with Crippen LogP contribution in [0.5, 0.6) is 0 Å². The maximum atomic E-state index is 9.88. The van der Waals surface area contributed by atoms with E-state index >= 15 is 0 Å². The van der Waals surface area contributed by atoms with Crippen LogP contribution in [0.15, 0.2) is 0 Å². The summed E-state index contributed by atoms with van der Waals surface area (Å²) in [6, 6.07) is 0. The van der Waals surface area contributed by atoms with Gasteiger partial charge >= 0.3 is 0 Å². The smallest absolute Gasteiger partial charge is 0.0410 e. The number of hydrogen-bond acceptors (Lipinski definition) is 2. The fourth-order valence-corrected chi connectivity index (χ4v) is 1.63. The Balaban J connectivity index is 4.34. The van der Waals surface area contributed by atoms with E-state index in [1.54, 1.807) is 0 Å². The summed E-state index contributed by atoms with van der Waals surface area (Å²) >= 11 is 0. The van der Waals surface area contributed by atoms with Gasteiger partial charge in [-0.15, -0.1) is 0 Å².